The number of aromatic nitrogens is 1. The zero-order valence-corrected chi connectivity index (χ0v) is 11.2. The fourth-order valence-corrected chi connectivity index (χ4v) is 2.72. The largest absolute Gasteiger partial charge is 0.480 e. The number of aliphatic hydroxyl groups excluding tert-OH is 1. The van der Waals surface area contributed by atoms with Gasteiger partial charge in [-0.25, -0.2) is 14.6 Å². The Morgan fingerprint density at radius 2 is 2.37 bits per heavy atom. The number of amides is 2. The molecule has 0 aliphatic carbocycles. The van der Waals surface area contributed by atoms with Gasteiger partial charge in [0.2, 0.25) is 0 Å². The van der Waals surface area contributed by atoms with E-state index in [0.29, 0.717) is 0 Å². The third-order valence-corrected chi connectivity index (χ3v) is 3.85. The summed E-state index contributed by atoms with van der Waals surface area (Å²) in [5.74, 6) is -1.10. The molecule has 0 bridgehead atoms. The Hall–Kier alpha value is -1.67. The second-order valence-corrected chi connectivity index (χ2v) is 5.38. The highest BCUT2D eigenvalue weighted by atomic mass is 32.1. The number of carboxylic acids is 1. The number of carboxylic acid groups (broad SMARTS) is 1. The number of nitrogens with zero attached hydrogens (tertiary/aromatic N) is 2. The van der Waals surface area contributed by atoms with E-state index in [1.807, 2.05) is 12.3 Å². The number of aliphatic hydroxyl groups is 1. The third-order valence-electron chi connectivity index (χ3n) is 2.88. The van der Waals surface area contributed by atoms with Crippen LogP contribution in [0.15, 0.2) is 5.38 Å². The Balaban J connectivity index is 1.93. The zero-order chi connectivity index (χ0) is 14.0. The van der Waals surface area contributed by atoms with Gasteiger partial charge in [0.25, 0.3) is 0 Å². The lowest BCUT2D eigenvalue weighted by Crippen LogP contribution is -2.45. The van der Waals surface area contributed by atoms with Gasteiger partial charge in [-0.15, -0.1) is 11.3 Å². The van der Waals surface area contributed by atoms with E-state index in [1.165, 1.54) is 11.3 Å². The van der Waals surface area contributed by atoms with Crippen molar-refractivity contribution >= 4 is 23.3 Å². The van der Waals surface area contributed by atoms with E-state index in [-0.39, 0.29) is 19.5 Å². The number of rotatable bonds is 3. The molecule has 2 heterocycles. The monoisotopic (exact) mass is 285 g/mol. The number of hydrogen-bond acceptors (Lipinski definition) is 5. The summed E-state index contributed by atoms with van der Waals surface area (Å²) < 4.78 is 0. The number of aryl methyl sites for hydroxylation is 1. The van der Waals surface area contributed by atoms with Crippen LogP contribution in [0.3, 0.4) is 0 Å². The molecule has 1 fully saturated rings. The van der Waals surface area contributed by atoms with E-state index in [9.17, 15) is 14.7 Å². The Labute approximate surface area is 113 Å². The molecule has 0 spiro atoms. The predicted octanol–water partition coefficient (Wildman–Crippen LogP) is 0.181. The Morgan fingerprint density at radius 1 is 1.63 bits per heavy atom. The molecule has 1 aliphatic rings. The van der Waals surface area contributed by atoms with Crippen LogP contribution >= 0.6 is 11.3 Å². The van der Waals surface area contributed by atoms with Gasteiger partial charge in [-0.1, -0.05) is 0 Å². The molecule has 2 atom stereocenters. The standard InChI is InChI=1S/C11H15N3O4S/c1-6-5-19-9(13-6)3-12-11(18)14-4-7(15)2-8(14)10(16)17/h5,7-8,15H,2-4H2,1H3,(H,12,18)(H,16,17)/t7?,8-/m0/s1. The van der Waals surface area contributed by atoms with Crippen molar-refractivity contribution in [1.29, 1.82) is 0 Å². The lowest BCUT2D eigenvalue weighted by atomic mass is 10.2. The summed E-state index contributed by atoms with van der Waals surface area (Å²) in [7, 11) is 0. The zero-order valence-electron chi connectivity index (χ0n) is 10.4. The molecule has 3 N–H and O–H groups in total. The molecule has 0 saturated carbocycles. The van der Waals surface area contributed by atoms with Gasteiger partial charge >= 0.3 is 12.0 Å². The molecule has 1 aromatic heterocycles. The molecule has 2 rings (SSSR count). The minimum atomic E-state index is -1.10. The Morgan fingerprint density at radius 3 is 2.95 bits per heavy atom. The maximum atomic E-state index is 11.9. The molecule has 1 aliphatic heterocycles. The van der Waals surface area contributed by atoms with E-state index in [0.717, 1.165) is 15.6 Å². The Kier molecular flexibility index (Phi) is 4.01. The molecular formula is C11H15N3O4S. The number of thiazole rings is 1. The molecule has 7 nitrogen and oxygen atoms in total. The minimum Gasteiger partial charge on any atom is -0.480 e. The van der Waals surface area contributed by atoms with Crippen LogP contribution in [-0.4, -0.2) is 50.8 Å². The van der Waals surface area contributed by atoms with E-state index < -0.39 is 24.1 Å². The number of carbonyl (C=O) groups is 2. The van der Waals surface area contributed by atoms with Crippen molar-refractivity contribution < 1.29 is 19.8 Å². The topological polar surface area (TPSA) is 103 Å². The van der Waals surface area contributed by atoms with E-state index >= 15 is 0 Å². The number of hydrogen-bond donors (Lipinski definition) is 3. The maximum Gasteiger partial charge on any atom is 0.326 e. The van der Waals surface area contributed by atoms with Crippen molar-refractivity contribution in [1.82, 2.24) is 15.2 Å². The Bertz CT molecular complexity index is 490. The normalized spacial score (nSPS) is 22.5. The summed E-state index contributed by atoms with van der Waals surface area (Å²) in [4.78, 5) is 28.2. The lowest BCUT2D eigenvalue weighted by Gasteiger charge is -2.21. The molecular weight excluding hydrogens is 270 g/mol. The van der Waals surface area contributed by atoms with Crippen LogP contribution in [0.2, 0.25) is 0 Å². The maximum absolute atomic E-state index is 11.9. The number of urea groups is 1. The van der Waals surface area contributed by atoms with E-state index in [4.69, 9.17) is 5.11 Å². The first-order valence-corrected chi connectivity index (χ1v) is 6.71. The van der Waals surface area contributed by atoms with Crippen LogP contribution in [0, 0.1) is 6.92 Å². The van der Waals surface area contributed by atoms with Crippen LogP contribution in [0.5, 0.6) is 0 Å². The van der Waals surface area contributed by atoms with Crippen molar-refractivity contribution in [3.8, 4) is 0 Å². The molecule has 2 amide bonds. The van der Waals surface area contributed by atoms with Gasteiger partial charge in [0.15, 0.2) is 0 Å². The van der Waals surface area contributed by atoms with Crippen LogP contribution in [0.1, 0.15) is 17.1 Å². The third kappa shape index (κ3) is 3.21. The summed E-state index contributed by atoms with van der Waals surface area (Å²) in [5, 5.41) is 23.7. The van der Waals surface area contributed by atoms with Gasteiger partial charge in [-0.2, -0.15) is 0 Å². The van der Waals surface area contributed by atoms with Gasteiger partial charge in [0.05, 0.1) is 12.6 Å². The number of carbonyl (C=O) groups excluding carboxylic acids is 1. The smallest absolute Gasteiger partial charge is 0.326 e. The molecule has 1 saturated heterocycles. The van der Waals surface area contributed by atoms with Gasteiger partial charge in [-0.3, -0.25) is 0 Å². The highest BCUT2D eigenvalue weighted by molar-refractivity contribution is 7.09. The number of β-amino-alcohol motifs (C(OH)–C–C–N with tert-alkyl or cyclic N) is 1. The fourth-order valence-electron chi connectivity index (χ4n) is 2.01. The summed E-state index contributed by atoms with van der Waals surface area (Å²) in [6.07, 6.45) is -0.715. The van der Waals surface area contributed by atoms with Gasteiger partial charge in [0, 0.05) is 24.0 Å². The highest BCUT2D eigenvalue weighted by Crippen LogP contribution is 2.18. The average Bonchev–Trinajstić information content (AvgIpc) is 2.92. The molecule has 1 aromatic rings. The SMILES string of the molecule is Cc1csc(CNC(=O)N2CC(O)C[C@H]2C(=O)O)n1. The predicted molar refractivity (Wildman–Crippen MR) is 67.8 cm³/mol. The van der Waals surface area contributed by atoms with Crippen molar-refractivity contribution in [2.24, 2.45) is 0 Å². The number of likely N-dealkylation sites (tertiary alicyclic amines) is 1. The molecule has 0 aromatic carbocycles. The van der Waals surface area contributed by atoms with Crippen molar-refractivity contribution in [2.45, 2.75) is 32.0 Å². The summed E-state index contributed by atoms with van der Waals surface area (Å²) in [5.41, 5.74) is 0.884. The second-order valence-electron chi connectivity index (χ2n) is 4.44. The van der Waals surface area contributed by atoms with E-state index in [2.05, 4.69) is 10.3 Å². The van der Waals surface area contributed by atoms with Crippen LogP contribution in [0.25, 0.3) is 0 Å². The van der Waals surface area contributed by atoms with E-state index in [1.54, 1.807) is 0 Å². The fraction of sp³-hybridized carbons (Fsp3) is 0.545. The first-order chi connectivity index (χ1) is 8.97. The van der Waals surface area contributed by atoms with Gasteiger partial charge in [0.1, 0.15) is 11.0 Å². The number of nitrogens with one attached hydrogen (secondary N) is 1. The van der Waals surface area contributed by atoms with Gasteiger partial charge in [-0.05, 0) is 6.92 Å². The van der Waals surface area contributed by atoms with Crippen molar-refractivity contribution in [2.75, 3.05) is 6.54 Å². The molecule has 8 heteroatoms. The summed E-state index contributed by atoms with van der Waals surface area (Å²) in [6, 6.07) is -1.45. The van der Waals surface area contributed by atoms with Crippen molar-refractivity contribution in [3.05, 3.63) is 16.1 Å². The molecule has 19 heavy (non-hydrogen) atoms. The van der Waals surface area contributed by atoms with Crippen LogP contribution < -0.4 is 5.32 Å². The quantitative estimate of drug-likeness (QED) is 0.735. The molecule has 1 unspecified atom stereocenters. The average molecular weight is 285 g/mol. The van der Waals surface area contributed by atoms with Crippen LogP contribution in [-0.2, 0) is 11.3 Å². The molecule has 104 valence electrons. The lowest BCUT2D eigenvalue weighted by molar-refractivity contribution is -0.141. The molecule has 0 radical (unpaired) electrons. The first-order valence-electron chi connectivity index (χ1n) is 5.83. The first kappa shape index (κ1) is 13.8. The van der Waals surface area contributed by atoms with Crippen molar-refractivity contribution in [3.63, 3.8) is 0 Å². The van der Waals surface area contributed by atoms with Crippen LogP contribution in [0.4, 0.5) is 4.79 Å². The minimum absolute atomic E-state index is 0.0414. The summed E-state index contributed by atoms with van der Waals surface area (Å²) in [6.45, 7) is 2.16. The van der Waals surface area contributed by atoms with Gasteiger partial charge < -0.3 is 20.4 Å². The summed E-state index contributed by atoms with van der Waals surface area (Å²) >= 11 is 1.43. The number of aliphatic carboxylic acids is 1. The highest BCUT2D eigenvalue weighted by Gasteiger charge is 2.38. The second kappa shape index (κ2) is 5.54.